The molecule has 0 saturated carbocycles. The van der Waals surface area contributed by atoms with Crippen molar-refractivity contribution in [2.45, 2.75) is 103 Å². The van der Waals surface area contributed by atoms with Gasteiger partial charge in [0.05, 0.1) is 22.3 Å². The Morgan fingerprint density at radius 3 is 2.35 bits per heavy atom. The van der Waals surface area contributed by atoms with Crippen LogP contribution >= 0.6 is 0 Å². The molecule has 0 aliphatic carbocycles. The van der Waals surface area contributed by atoms with Crippen molar-refractivity contribution in [1.29, 1.82) is 0 Å². The van der Waals surface area contributed by atoms with Gasteiger partial charge in [0.2, 0.25) is 12.3 Å². The Bertz CT molecular complexity index is 1070. The lowest BCUT2D eigenvalue weighted by Gasteiger charge is -2.41. The monoisotopic (exact) mass is 566 g/mol. The van der Waals surface area contributed by atoms with Gasteiger partial charge in [0, 0.05) is 50.5 Å². The summed E-state index contributed by atoms with van der Waals surface area (Å²) in [4.78, 5) is 21.4. The average Bonchev–Trinajstić information content (AvgIpc) is 3.49. The fourth-order valence-corrected chi connectivity index (χ4v) is 7.17. The van der Waals surface area contributed by atoms with Crippen molar-refractivity contribution in [3.63, 3.8) is 0 Å². The third-order valence-corrected chi connectivity index (χ3v) is 9.47. The van der Waals surface area contributed by atoms with Crippen LogP contribution in [0.5, 0.6) is 0 Å². The van der Waals surface area contributed by atoms with E-state index in [0.717, 1.165) is 26.1 Å². The maximum Gasteiger partial charge on any atom is 0.418 e. The predicted molar refractivity (Wildman–Crippen MR) is 149 cm³/mol. The Kier molecular flexibility index (Phi) is 8.20. The Morgan fingerprint density at radius 1 is 1.00 bits per heavy atom. The molecule has 0 bridgehead atoms. The first-order valence-corrected chi connectivity index (χ1v) is 14.9. The number of carbonyl (C=O) groups is 1. The van der Waals surface area contributed by atoms with E-state index in [-0.39, 0.29) is 18.1 Å². The van der Waals surface area contributed by atoms with Crippen LogP contribution in [0.4, 0.5) is 24.5 Å². The number of carbonyl (C=O) groups excluding carboxylic acids is 1. The maximum absolute atomic E-state index is 14.4. The van der Waals surface area contributed by atoms with Gasteiger partial charge in [-0.05, 0) is 91.0 Å². The number of halogens is 3. The molecular formula is C30H45F3N4O3. The van der Waals surface area contributed by atoms with Crippen LogP contribution in [-0.2, 0) is 15.7 Å². The Balaban J connectivity index is 1.30. The molecule has 0 aromatic heterocycles. The van der Waals surface area contributed by atoms with Crippen molar-refractivity contribution in [2.75, 3.05) is 49.1 Å². The van der Waals surface area contributed by atoms with Gasteiger partial charge in [-0.25, -0.2) is 0 Å². The zero-order chi connectivity index (χ0) is 28.9. The van der Waals surface area contributed by atoms with Crippen LogP contribution in [0.3, 0.4) is 0 Å². The molecule has 1 aromatic carbocycles. The highest BCUT2D eigenvalue weighted by Crippen LogP contribution is 2.47. The first-order chi connectivity index (χ1) is 18.8. The second kappa shape index (κ2) is 11.1. The second-order valence-electron chi connectivity index (χ2n) is 13.2. The summed E-state index contributed by atoms with van der Waals surface area (Å²) in [6.07, 6.45) is 0.390. The topological polar surface area (TPSA) is 59.5 Å². The quantitative estimate of drug-likeness (QED) is 0.503. The number of alkyl halides is 3. The second-order valence-corrected chi connectivity index (χ2v) is 13.2. The number of piperidine rings is 2. The van der Waals surface area contributed by atoms with Gasteiger partial charge in [0.25, 0.3) is 0 Å². The number of hydrogen-bond donors (Lipinski definition) is 1. The fraction of sp³-hybridized carbons (Fsp3) is 0.767. The Hall–Kier alpha value is -1.88. The lowest BCUT2D eigenvalue weighted by molar-refractivity contribution is -0.245. The molecule has 3 unspecified atom stereocenters. The maximum atomic E-state index is 14.4. The number of anilines is 2. The van der Waals surface area contributed by atoms with Gasteiger partial charge in [-0.15, -0.1) is 0 Å². The van der Waals surface area contributed by atoms with Crippen LogP contribution < -0.4 is 9.80 Å². The summed E-state index contributed by atoms with van der Waals surface area (Å²) in [5, 5.41) is 10.5. The van der Waals surface area contributed by atoms with Gasteiger partial charge < -0.3 is 19.6 Å². The van der Waals surface area contributed by atoms with E-state index in [2.05, 4.69) is 16.7 Å². The van der Waals surface area contributed by atoms with Gasteiger partial charge in [0.15, 0.2) is 0 Å². The van der Waals surface area contributed by atoms with E-state index in [1.54, 1.807) is 11.0 Å². The molecule has 4 fully saturated rings. The zero-order valence-corrected chi connectivity index (χ0v) is 24.3. The van der Waals surface area contributed by atoms with Crippen LogP contribution in [-0.4, -0.2) is 84.2 Å². The number of hydrogen-bond acceptors (Lipinski definition) is 6. The van der Waals surface area contributed by atoms with E-state index in [4.69, 9.17) is 4.74 Å². The molecule has 4 aliphatic heterocycles. The summed E-state index contributed by atoms with van der Waals surface area (Å²) in [6.45, 7) is 11.5. The molecule has 1 N–H and O–H groups in total. The van der Waals surface area contributed by atoms with Crippen LogP contribution in [0.2, 0.25) is 0 Å². The smallest absolute Gasteiger partial charge is 0.370 e. The molecule has 1 amide bonds. The lowest BCUT2D eigenvalue weighted by Crippen LogP contribution is -2.50. The highest BCUT2D eigenvalue weighted by molar-refractivity contribution is 6.00. The van der Waals surface area contributed by atoms with Crippen molar-refractivity contribution >= 4 is 17.3 Å². The fourth-order valence-electron chi connectivity index (χ4n) is 7.17. The van der Waals surface area contributed by atoms with Gasteiger partial charge >= 0.3 is 6.18 Å². The lowest BCUT2D eigenvalue weighted by atomic mass is 9.77. The highest BCUT2D eigenvalue weighted by atomic mass is 19.4. The normalized spacial score (nSPS) is 27.6. The summed E-state index contributed by atoms with van der Waals surface area (Å²) in [5.41, 5.74) is -1.43. The standard InChI is InChI=1S/C30H45F3N4O3/c1-21-7-5-6-14-36(21)23-10-15-35(20-23)22-8-9-25(24(19-22)30(31,32)33)37-18-13-29(26(37)38)11-16-34(17-12-29)27(39)40-28(2,3)4/h8-9,19,21,23,27,39H,5-7,10-18,20H2,1-4H3. The van der Waals surface area contributed by atoms with E-state index in [1.807, 2.05) is 20.8 Å². The molecule has 40 heavy (non-hydrogen) atoms. The molecule has 1 aromatic rings. The van der Waals surface area contributed by atoms with E-state index >= 15 is 0 Å². The Morgan fingerprint density at radius 2 is 1.70 bits per heavy atom. The van der Waals surface area contributed by atoms with E-state index in [1.165, 1.54) is 36.3 Å². The largest absolute Gasteiger partial charge is 0.418 e. The molecule has 4 aliphatic rings. The van der Waals surface area contributed by atoms with Gasteiger partial charge in [-0.1, -0.05) is 6.42 Å². The van der Waals surface area contributed by atoms with E-state index in [9.17, 15) is 23.1 Å². The number of amides is 1. The van der Waals surface area contributed by atoms with Crippen molar-refractivity contribution in [3.05, 3.63) is 23.8 Å². The number of aliphatic hydroxyl groups is 1. The minimum atomic E-state index is -4.57. The highest BCUT2D eigenvalue weighted by Gasteiger charge is 2.51. The summed E-state index contributed by atoms with van der Waals surface area (Å²) in [5.74, 6) is -0.239. The molecular weight excluding hydrogens is 521 g/mol. The van der Waals surface area contributed by atoms with E-state index < -0.39 is 29.2 Å². The van der Waals surface area contributed by atoms with Crippen LogP contribution in [0.1, 0.15) is 78.2 Å². The van der Waals surface area contributed by atoms with Crippen LogP contribution in [0.25, 0.3) is 0 Å². The molecule has 10 heteroatoms. The van der Waals surface area contributed by atoms with E-state index in [0.29, 0.717) is 50.1 Å². The number of benzene rings is 1. The number of rotatable bonds is 5. The summed E-state index contributed by atoms with van der Waals surface area (Å²) >= 11 is 0. The first-order valence-electron chi connectivity index (χ1n) is 14.9. The van der Waals surface area contributed by atoms with Gasteiger partial charge in [0.1, 0.15) is 0 Å². The third kappa shape index (κ3) is 6.01. The molecule has 3 atom stereocenters. The van der Waals surface area contributed by atoms with Crippen molar-refractivity contribution in [2.24, 2.45) is 5.41 Å². The molecule has 0 radical (unpaired) electrons. The average molecular weight is 567 g/mol. The molecule has 7 nitrogen and oxygen atoms in total. The minimum absolute atomic E-state index is 0.0444. The van der Waals surface area contributed by atoms with Crippen molar-refractivity contribution in [3.8, 4) is 0 Å². The van der Waals surface area contributed by atoms with Gasteiger partial charge in [-0.3, -0.25) is 14.6 Å². The molecule has 5 rings (SSSR count). The SMILES string of the molecule is CC1CCCCN1C1CCN(c2ccc(N3CCC4(CCN(C(O)OC(C)(C)C)CC4)C3=O)c(C(F)(F)F)c2)C1. The predicted octanol–water partition coefficient (Wildman–Crippen LogP) is 5.07. The van der Waals surface area contributed by atoms with Gasteiger partial charge in [-0.2, -0.15) is 13.2 Å². The van der Waals surface area contributed by atoms with Crippen molar-refractivity contribution < 1.29 is 27.8 Å². The minimum Gasteiger partial charge on any atom is -0.370 e. The zero-order valence-electron chi connectivity index (χ0n) is 24.3. The number of ether oxygens (including phenoxy) is 1. The summed E-state index contributed by atoms with van der Waals surface area (Å²) < 4.78 is 48.9. The van der Waals surface area contributed by atoms with Crippen molar-refractivity contribution in [1.82, 2.24) is 9.80 Å². The molecule has 4 saturated heterocycles. The Labute approximate surface area is 236 Å². The molecule has 224 valence electrons. The number of likely N-dealkylation sites (tertiary alicyclic amines) is 2. The summed E-state index contributed by atoms with van der Waals surface area (Å²) in [6, 6.07) is 5.39. The van der Waals surface area contributed by atoms with Crippen LogP contribution in [0.15, 0.2) is 18.2 Å². The number of aliphatic hydroxyl groups excluding tert-OH is 1. The molecule has 4 heterocycles. The summed E-state index contributed by atoms with van der Waals surface area (Å²) in [7, 11) is 0. The number of nitrogens with zero attached hydrogens (tertiary/aromatic N) is 4. The third-order valence-electron chi connectivity index (χ3n) is 9.47. The first kappa shape index (κ1) is 29.6. The van der Waals surface area contributed by atoms with Crippen LogP contribution in [0, 0.1) is 5.41 Å². The molecule has 1 spiro atoms.